The third-order valence-corrected chi connectivity index (χ3v) is 8.85. The summed E-state index contributed by atoms with van der Waals surface area (Å²) in [4.78, 5) is 43.5. The van der Waals surface area contributed by atoms with Crippen molar-refractivity contribution < 1.29 is 43.9 Å². The van der Waals surface area contributed by atoms with E-state index in [-0.39, 0.29) is 50.4 Å². The maximum atomic E-state index is 13.0. The van der Waals surface area contributed by atoms with E-state index in [4.69, 9.17) is 14.2 Å². The molecule has 0 unspecified atom stereocenters. The lowest BCUT2D eigenvalue weighted by atomic mass is 9.89. The van der Waals surface area contributed by atoms with E-state index in [9.17, 15) is 29.7 Å². The smallest absolute Gasteiger partial charge is 0.410 e. The zero-order valence-electron chi connectivity index (χ0n) is 27.5. The Morgan fingerprint density at radius 3 is 2.56 bits per heavy atom. The third kappa shape index (κ3) is 11.1. The van der Waals surface area contributed by atoms with Crippen molar-refractivity contribution in [2.24, 2.45) is 11.8 Å². The van der Waals surface area contributed by atoms with Gasteiger partial charge in [0.15, 0.2) is 6.10 Å². The maximum Gasteiger partial charge on any atom is 0.410 e. The summed E-state index contributed by atoms with van der Waals surface area (Å²) in [5, 5.41) is 31.3. The lowest BCUT2D eigenvalue weighted by Gasteiger charge is -2.36. The van der Waals surface area contributed by atoms with Crippen molar-refractivity contribution in [3.05, 3.63) is 36.0 Å². The minimum Gasteiger partial charge on any atom is -0.457 e. The first kappa shape index (κ1) is 36.5. The van der Waals surface area contributed by atoms with Gasteiger partial charge < -0.3 is 44.2 Å². The van der Waals surface area contributed by atoms with Gasteiger partial charge in [-0.2, -0.15) is 0 Å². The predicted octanol–water partition coefficient (Wildman–Crippen LogP) is 2.87. The monoisotopic (exact) mass is 635 g/mol. The van der Waals surface area contributed by atoms with Crippen molar-refractivity contribution in [3.63, 3.8) is 0 Å². The number of amides is 2. The fourth-order valence-electron chi connectivity index (χ4n) is 5.72. The Morgan fingerprint density at radius 2 is 1.87 bits per heavy atom. The van der Waals surface area contributed by atoms with E-state index in [2.05, 4.69) is 4.90 Å². The van der Waals surface area contributed by atoms with Crippen LogP contribution in [0.25, 0.3) is 0 Å². The summed E-state index contributed by atoms with van der Waals surface area (Å²) in [6.45, 7) is 10.4. The Bertz CT molecular complexity index is 1080. The van der Waals surface area contributed by atoms with Crippen molar-refractivity contribution in [2.45, 2.75) is 89.8 Å². The van der Waals surface area contributed by atoms with Gasteiger partial charge in [0, 0.05) is 44.6 Å². The molecule has 0 radical (unpaired) electrons. The number of nitrogens with zero attached hydrogens (tertiary/aromatic N) is 3. The van der Waals surface area contributed by atoms with Crippen molar-refractivity contribution in [1.82, 2.24) is 14.7 Å². The van der Waals surface area contributed by atoms with Gasteiger partial charge >= 0.3 is 18.2 Å². The molecule has 0 bridgehead atoms. The Kier molecular flexibility index (Phi) is 13.9. The predicted molar refractivity (Wildman–Crippen MR) is 168 cm³/mol. The third-order valence-electron chi connectivity index (χ3n) is 8.85. The van der Waals surface area contributed by atoms with Crippen LogP contribution in [-0.4, -0.2) is 131 Å². The molecule has 12 nitrogen and oxygen atoms in total. The van der Waals surface area contributed by atoms with Crippen LogP contribution in [0.4, 0.5) is 9.59 Å². The van der Waals surface area contributed by atoms with Crippen LogP contribution in [0.1, 0.15) is 59.8 Å². The fourth-order valence-corrected chi connectivity index (χ4v) is 5.72. The molecule has 0 aromatic rings. The van der Waals surface area contributed by atoms with E-state index in [1.165, 1.54) is 0 Å². The number of piperazine rings is 1. The highest BCUT2D eigenvalue weighted by Gasteiger charge is 2.37. The van der Waals surface area contributed by atoms with Crippen LogP contribution in [0.3, 0.4) is 0 Å². The van der Waals surface area contributed by atoms with Crippen LogP contribution in [0.5, 0.6) is 0 Å². The first-order valence-electron chi connectivity index (χ1n) is 16.1. The molecule has 3 aliphatic heterocycles. The van der Waals surface area contributed by atoms with E-state index in [1.54, 1.807) is 28.9 Å². The van der Waals surface area contributed by atoms with E-state index >= 15 is 0 Å². The lowest BCUT2D eigenvalue weighted by Crippen LogP contribution is -2.50. The zero-order valence-corrected chi connectivity index (χ0v) is 27.5. The molecule has 0 aromatic carbocycles. The second kappa shape index (κ2) is 17.1. The number of hydrogen-bond donors (Lipinski definition) is 3. The van der Waals surface area contributed by atoms with E-state index in [0.29, 0.717) is 19.6 Å². The number of carbonyl (C=O) groups is 3. The Labute approximate surface area is 267 Å². The number of carbonyl (C=O) groups excluding carboxylic acids is 3. The summed E-state index contributed by atoms with van der Waals surface area (Å²) in [6.07, 6.45) is 6.98. The van der Waals surface area contributed by atoms with Crippen molar-refractivity contribution >= 4 is 18.2 Å². The van der Waals surface area contributed by atoms with Crippen LogP contribution >= 0.6 is 0 Å². The molecule has 2 fully saturated rings. The first-order chi connectivity index (χ1) is 21.3. The number of ether oxygens (including phenoxy) is 3. The maximum absolute atomic E-state index is 13.0. The second-order valence-corrected chi connectivity index (χ2v) is 13.0. The van der Waals surface area contributed by atoms with Crippen LogP contribution in [0.2, 0.25) is 0 Å². The largest absolute Gasteiger partial charge is 0.457 e. The summed E-state index contributed by atoms with van der Waals surface area (Å²) < 4.78 is 17.1. The van der Waals surface area contributed by atoms with Gasteiger partial charge in [0.25, 0.3) is 0 Å². The second-order valence-electron chi connectivity index (χ2n) is 13.0. The first-order valence-corrected chi connectivity index (χ1v) is 16.1. The molecule has 7 atom stereocenters. The summed E-state index contributed by atoms with van der Waals surface area (Å²) in [5.41, 5.74) is -0.730. The molecule has 3 aliphatic rings. The molecule has 254 valence electrons. The molecule has 45 heavy (non-hydrogen) atoms. The molecule has 12 heteroatoms. The molecule has 3 N–H and O–H groups in total. The highest BCUT2D eigenvalue weighted by molar-refractivity contribution is 5.70. The quantitative estimate of drug-likeness (QED) is 0.165. The van der Waals surface area contributed by atoms with Crippen LogP contribution in [0.15, 0.2) is 36.0 Å². The average molecular weight is 636 g/mol. The Balaban J connectivity index is 1.70. The molecular formula is C33H53N3O9. The van der Waals surface area contributed by atoms with Gasteiger partial charge in [0.2, 0.25) is 0 Å². The van der Waals surface area contributed by atoms with Crippen LogP contribution < -0.4 is 0 Å². The minimum absolute atomic E-state index is 0.0747. The number of aliphatic hydroxyl groups excluding tert-OH is 2. The Morgan fingerprint density at radius 1 is 1.16 bits per heavy atom. The molecule has 0 spiro atoms. The van der Waals surface area contributed by atoms with E-state index in [0.717, 1.165) is 31.5 Å². The van der Waals surface area contributed by atoms with Gasteiger partial charge in [0.05, 0.1) is 31.8 Å². The molecular weight excluding hydrogens is 582 g/mol. The minimum atomic E-state index is -1.47. The lowest BCUT2D eigenvalue weighted by molar-refractivity contribution is -0.151. The summed E-state index contributed by atoms with van der Waals surface area (Å²) in [7, 11) is 1.99. The number of allylic oxidation sites excluding steroid dienone is 2. The topological polar surface area (TPSA) is 149 Å². The van der Waals surface area contributed by atoms with Crippen LogP contribution in [-0.2, 0) is 19.0 Å². The van der Waals surface area contributed by atoms with Gasteiger partial charge in [-0.1, -0.05) is 38.2 Å². The number of rotatable bonds is 7. The van der Waals surface area contributed by atoms with E-state index < -0.39 is 42.1 Å². The average Bonchev–Trinajstić information content (AvgIpc) is 3.48. The highest BCUT2D eigenvalue weighted by atomic mass is 16.6. The van der Waals surface area contributed by atoms with E-state index in [1.807, 2.05) is 46.0 Å². The standard InChI is InChI=1S/C33H53N3O9/c1-23(22-43-32(41)36-15-7-10-26(36)21-37)8-6-9-24(2)30-25(3)11-12-28(44-31(40)35-18-16-34(5)17-19-35)33(4,42)14-13-27(38)20-29(39)45-30/h6,8-9,11-12,23,25-28,30,37-38,42H,7,10,13-22H2,1-5H3/b8-6+,12-11-,24-9+/t23-,25+,26+,27-,28+,30-,33-/m1/s1. The van der Waals surface area contributed by atoms with Crippen molar-refractivity contribution in [1.29, 1.82) is 0 Å². The molecule has 3 rings (SSSR count). The molecule has 3 heterocycles. The van der Waals surface area contributed by atoms with Crippen LogP contribution in [0, 0.1) is 11.8 Å². The van der Waals surface area contributed by atoms with Crippen molar-refractivity contribution in [2.75, 3.05) is 53.0 Å². The molecule has 0 aliphatic carbocycles. The fraction of sp³-hybridized carbons (Fsp3) is 0.727. The normalized spacial score (nSPS) is 32.4. The SMILES string of the molecule is C/C(=C\C=C\[C@@H](C)COC(=O)N1CCC[C@H]1CO)[C@H]1OC(=O)C[C@H](O)CC[C@@](C)(O)[C@@H](OC(=O)N2CCN(C)CC2)/C=C\[C@@H]1C. The number of hydrogen-bond acceptors (Lipinski definition) is 10. The van der Waals surface area contributed by atoms with Gasteiger partial charge in [-0.25, -0.2) is 9.59 Å². The summed E-state index contributed by atoms with van der Waals surface area (Å²) in [5.74, 6) is -0.988. The number of esters is 1. The zero-order chi connectivity index (χ0) is 33.1. The summed E-state index contributed by atoms with van der Waals surface area (Å²) in [6, 6.07) is -0.190. The molecule has 2 amide bonds. The molecule has 2 saturated heterocycles. The molecule has 0 aromatic heterocycles. The highest BCUT2D eigenvalue weighted by Crippen LogP contribution is 2.27. The molecule has 0 saturated carbocycles. The summed E-state index contributed by atoms with van der Waals surface area (Å²) >= 11 is 0. The Hall–Kier alpha value is -2.93. The van der Waals surface area contributed by atoms with Gasteiger partial charge in [-0.05, 0) is 58.2 Å². The van der Waals surface area contributed by atoms with Gasteiger partial charge in [0.1, 0.15) is 11.7 Å². The van der Waals surface area contributed by atoms with Gasteiger partial charge in [-0.3, -0.25) is 4.79 Å². The number of likely N-dealkylation sites (tertiary alicyclic amines) is 1. The number of likely N-dealkylation sites (N-methyl/N-ethyl adjacent to an activating group) is 1. The van der Waals surface area contributed by atoms with Crippen molar-refractivity contribution in [3.8, 4) is 0 Å². The number of cyclic esters (lactones) is 1. The van der Waals surface area contributed by atoms with Gasteiger partial charge in [-0.15, -0.1) is 0 Å². The number of aliphatic hydroxyl groups is 3.